The van der Waals surface area contributed by atoms with Crippen LogP contribution >= 0.6 is 0 Å². The van der Waals surface area contributed by atoms with Crippen molar-refractivity contribution in [1.29, 1.82) is 0 Å². The van der Waals surface area contributed by atoms with Crippen LogP contribution in [0.3, 0.4) is 0 Å². The lowest BCUT2D eigenvalue weighted by Gasteiger charge is -2.13. The highest BCUT2D eigenvalue weighted by Crippen LogP contribution is 2.28. The van der Waals surface area contributed by atoms with Crippen LogP contribution < -0.4 is 11.5 Å². The van der Waals surface area contributed by atoms with Crippen molar-refractivity contribution in [2.24, 2.45) is 11.5 Å². The van der Waals surface area contributed by atoms with Gasteiger partial charge in [-0.2, -0.15) is 0 Å². The first-order valence-electron chi connectivity index (χ1n) is 8.97. The van der Waals surface area contributed by atoms with Crippen LogP contribution in [-0.4, -0.2) is 10.2 Å². The van der Waals surface area contributed by atoms with Crippen LogP contribution in [0.1, 0.15) is 68.0 Å². The van der Waals surface area contributed by atoms with E-state index < -0.39 is 0 Å². The van der Waals surface area contributed by atoms with E-state index in [2.05, 4.69) is 0 Å². The zero-order valence-corrected chi connectivity index (χ0v) is 15.8. The van der Waals surface area contributed by atoms with E-state index >= 15 is 0 Å². The fraction of sp³-hybridized carbons (Fsp3) is 0.429. The molecule has 2 atom stereocenters. The third-order valence-electron chi connectivity index (χ3n) is 4.48. The normalized spacial score (nSPS) is 12.9. The molecule has 138 valence electrons. The molecule has 2 aromatic carbocycles. The van der Waals surface area contributed by atoms with E-state index in [4.69, 9.17) is 11.5 Å². The van der Waals surface area contributed by atoms with Crippen molar-refractivity contribution >= 4 is 0 Å². The molecule has 0 saturated carbocycles. The molecule has 0 aromatic heterocycles. The quantitative estimate of drug-likeness (QED) is 0.643. The Bertz CT molecular complexity index is 671. The standard InChI is InChI=1S/C11H17NO.C10H15NO/c1-3-8-6-5-7-9(11(8)13)10(12)4-2;1-3-9(11)8-6-4-5-7(2)10(8)12/h5-7,10,13H,3-4,12H2,1-2H3;4-6,9,12H,3,11H2,1-2H3. The second-order valence-electron chi connectivity index (χ2n) is 6.25. The van der Waals surface area contributed by atoms with Gasteiger partial charge in [-0.25, -0.2) is 0 Å². The van der Waals surface area contributed by atoms with Gasteiger partial charge in [-0.3, -0.25) is 0 Å². The lowest BCUT2D eigenvalue weighted by Crippen LogP contribution is -2.09. The summed E-state index contributed by atoms with van der Waals surface area (Å²) < 4.78 is 0. The summed E-state index contributed by atoms with van der Waals surface area (Å²) in [6, 6.07) is 11.3. The summed E-state index contributed by atoms with van der Waals surface area (Å²) in [6.07, 6.45) is 2.54. The van der Waals surface area contributed by atoms with E-state index in [1.54, 1.807) is 0 Å². The third kappa shape index (κ3) is 5.48. The van der Waals surface area contributed by atoms with Crippen LogP contribution in [-0.2, 0) is 6.42 Å². The molecule has 6 N–H and O–H groups in total. The molecular formula is C21H32N2O2. The zero-order chi connectivity index (χ0) is 19.0. The van der Waals surface area contributed by atoms with Gasteiger partial charge in [0.2, 0.25) is 0 Å². The zero-order valence-electron chi connectivity index (χ0n) is 15.8. The molecule has 0 fully saturated rings. The average Bonchev–Trinajstić information content (AvgIpc) is 2.63. The molecule has 4 nitrogen and oxygen atoms in total. The summed E-state index contributed by atoms with van der Waals surface area (Å²) in [5.74, 6) is 0.714. The minimum Gasteiger partial charge on any atom is -0.507 e. The van der Waals surface area contributed by atoms with Crippen molar-refractivity contribution in [3.63, 3.8) is 0 Å². The molecule has 0 aliphatic carbocycles. The van der Waals surface area contributed by atoms with Gasteiger partial charge in [-0.1, -0.05) is 57.2 Å². The second kappa shape index (κ2) is 10.1. The van der Waals surface area contributed by atoms with E-state index in [0.717, 1.165) is 41.5 Å². The van der Waals surface area contributed by atoms with Crippen LogP contribution in [0.25, 0.3) is 0 Å². The van der Waals surface area contributed by atoms with Crippen LogP contribution in [0, 0.1) is 6.92 Å². The Labute approximate surface area is 151 Å². The molecule has 0 radical (unpaired) electrons. The maximum absolute atomic E-state index is 9.81. The van der Waals surface area contributed by atoms with Crippen LogP contribution in [0.4, 0.5) is 0 Å². The van der Waals surface area contributed by atoms with Crippen LogP contribution in [0.5, 0.6) is 11.5 Å². The number of hydrogen-bond donors (Lipinski definition) is 4. The van der Waals surface area contributed by atoms with Gasteiger partial charge in [0.05, 0.1) is 0 Å². The molecule has 0 heterocycles. The molecule has 2 unspecified atom stereocenters. The minimum atomic E-state index is -0.0510. The molecule has 4 heteroatoms. The molecular weight excluding hydrogens is 312 g/mol. The highest BCUT2D eigenvalue weighted by Gasteiger charge is 2.11. The predicted molar refractivity (Wildman–Crippen MR) is 105 cm³/mol. The Morgan fingerprint density at radius 2 is 1.28 bits per heavy atom. The minimum absolute atomic E-state index is 0.0495. The van der Waals surface area contributed by atoms with Crippen LogP contribution in [0.2, 0.25) is 0 Å². The molecule has 0 aliphatic rings. The number of hydrogen-bond acceptors (Lipinski definition) is 4. The lowest BCUT2D eigenvalue weighted by atomic mass is 10.00. The van der Waals surface area contributed by atoms with Crippen molar-refractivity contribution in [2.75, 3.05) is 0 Å². The molecule has 0 spiro atoms. The first kappa shape index (κ1) is 21.0. The summed E-state index contributed by atoms with van der Waals surface area (Å²) in [5.41, 5.74) is 15.2. The Morgan fingerprint density at radius 3 is 1.76 bits per heavy atom. The van der Waals surface area contributed by atoms with Gasteiger partial charge >= 0.3 is 0 Å². The largest absolute Gasteiger partial charge is 0.507 e. The van der Waals surface area contributed by atoms with E-state index in [9.17, 15) is 10.2 Å². The third-order valence-corrected chi connectivity index (χ3v) is 4.48. The lowest BCUT2D eigenvalue weighted by molar-refractivity contribution is 0.454. The molecule has 0 amide bonds. The average molecular weight is 344 g/mol. The van der Waals surface area contributed by atoms with Gasteiger partial charge in [0.1, 0.15) is 11.5 Å². The maximum Gasteiger partial charge on any atom is 0.123 e. The molecule has 2 rings (SSSR count). The van der Waals surface area contributed by atoms with Crippen molar-refractivity contribution in [2.45, 2.75) is 59.0 Å². The monoisotopic (exact) mass is 344 g/mol. The second-order valence-corrected chi connectivity index (χ2v) is 6.25. The van der Waals surface area contributed by atoms with Gasteiger partial charge in [-0.15, -0.1) is 0 Å². The molecule has 0 aliphatic heterocycles. The SMILES string of the molecule is CCC(N)c1cccc(C)c1O.CCc1cccc(C(N)CC)c1O. The van der Waals surface area contributed by atoms with E-state index in [1.807, 2.05) is 64.1 Å². The van der Waals surface area contributed by atoms with Crippen molar-refractivity contribution < 1.29 is 10.2 Å². The van der Waals surface area contributed by atoms with Gasteiger partial charge in [0.25, 0.3) is 0 Å². The summed E-state index contributed by atoms with van der Waals surface area (Å²) in [5, 5.41) is 19.4. The number of phenols is 2. The van der Waals surface area contributed by atoms with Crippen molar-refractivity contribution in [3.05, 3.63) is 58.7 Å². The van der Waals surface area contributed by atoms with Crippen LogP contribution in [0.15, 0.2) is 36.4 Å². The van der Waals surface area contributed by atoms with Crippen molar-refractivity contribution in [3.8, 4) is 11.5 Å². The van der Waals surface area contributed by atoms with E-state index in [0.29, 0.717) is 11.5 Å². The summed E-state index contributed by atoms with van der Waals surface area (Å²) in [4.78, 5) is 0. The molecule has 25 heavy (non-hydrogen) atoms. The molecule has 0 bridgehead atoms. The topological polar surface area (TPSA) is 92.5 Å². The van der Waals surface area contributed by atoms with Crippen molar-refractivity contribution in [1.82, 2.24) is 0 Å². The summed E-state index contributed by atoms with van der Waals surface area (Å²) in [7, 11) is 0. The summed E-state index contributed by atoms with van der Waals surface area (Å²) in [6.45, 7) is 7.92. The van der Waals surface area contributed by atoms with Gasteiger partial charge in [0.15, 0.2) is 0 Å². The van der Waals surface area contributed by atoms with Gasteiger partial charge in [-0.05, 0) is 37.3 Å². The smallest absolute Gasteiger partial charge is 0.123 e. The van der Waals surface area contributed by atoms with E-state index in [1.165, 1.54) is 0 Å². The highest BCUT2D eigenvalue weighted by atomic mass is 16.3. The Kier molecular flexibility index (Phi) is 8.46. The molecule has 2 aromatic rings. The number of aromatic hydroxyl groups is 2. The number of benzene rings is 2. The summed E-state index contributed by atoms with van der Waals surface area (Å²) >= 11 is 0. The number of rotatable bonds is 5. The number of phenolic OH excluding ortho intramolecular Hbond substituents is 2. The van der Waals surface area contributed by atoms with Gasteiger partial charge < -0.3 is 21.7 Å². The fourth-order valence-electron chi connectivity index (χ4n) is 2.62. The van der Waals surface area contributed by atoms with E-state index in [-0.39, 0.29) is 12.1 Å². The number of para-hydroxylation sites is 2. The Balaban J connectivity index is 0.000000251. The Hall–Kier alpha value is -2.04. The number of aryl methyl sites for hydroxylation is 2. The first-order chi connectivity index (χ1) is 11.9. The highest BCUT2D eigenvalue weighted by molar-refractivity contribution is 5.42. The van der Waals surface area contributed by atoms with Gasteiger partial charge in [0, 0.05) is 23.2 Å². The number of nitrogens with two attached hydrogens (primary N) is 2. The fourth-order valence-corrected chi connectivity index (χ4v) is 2.62. The maximum atomic E-state index is 9.81. The predicted octanol–water partition coefficient (Wildman–Crippen LogP) is 4.47. The first-order valence-corrected chi connectivity index (χ1v) is 8.97. The molecule has 0 saturated heterocycles. The Morgan fingerprint density at radius 1 is 0.800 bits per heavy atom.